The normalized spacial score (nSPS) is 10.3. The molecule has 0 aliphatic rings. The fourth-order valence-electron chi connectivity index (χ4n) is 0.717. The minimum absolute atomic E-state index is 0.172. The molecule has 0 spiro atoms. The molecule has 4 nitrogen and oxygen atoms in total. The van der Waals surface area contributed by atoms with Gasteiger partial charge in [-0.1, -0.05) is 5.92 Å². The van der Waals surface area contributed by atoms with Crippen molar-refractivity contribution in [1.82, 2.24) is 9.97 Å². The van der Waals surface area contributed by atoms with Crippen molar-refractivity contribution in [1.29, 1.82) is 0 Å². The number of rotatable bonds is 1. The second kappa shape index (κ2) is 3.54. The monoisotopic (exact) mass is 196 g/mol. The zero-order valence-corrected chi connectivity index (χ0v) is 8.09. The van der Waals surface area contributed by atoms with Crippen molar-refractivity contribution in [2.75, 3.05) is 6.26 Å². The first kappa shape index (κ1) is 9.68. The summed E-state index contributed by atoms with van der Waals surface area (Å²) in [6.07, 6.45) is 3.84. The van der Waals surface area contributed by atoms with Crippen LogP contribution in [0, 0.1) is 11.8 Å². The summed E-state index contributed by atoms with van der Waals surface area (Å²) in [4.78, 5) is 7.33. The van der Waals surface area contributed by atoms with E-state index in [1.165, 1.54) is 12.4 Å². The zero-order valence-electron chi connectivity index (χ0n) is 7.27. The fraction of sp³-hybridized carbons (Fsp3) is 0.250. The molecule has 0 saturated heterocycles. The quantitative estimate of drug-likeness (QED) is 0.477. The van der Waals surface area contributed by atoms with Gasteiger partial charge < -0.3 is 0 Å². The Morgan fingerprint density at radius 1 is 1.31 bits per heavy atom. The zero-order chi connectivity index (χ0) is 9.90. The molecule has 68 valence electrons. The smallest absolute Gasteiger partial charge is 0.226 e. The van der Waals surface area contributed by atoms with E-state index in [4.69, 9.17) is 0 Å². The molecule has 0 radical (unpaired) electrons. The van der Waals surface area contributed by atoms with Gasteiger partial charge in [-0.05, 0) is 6.92 Å². The van der Waals surface area contributed by atoms with E-state index in [1.807, 2.05) is 0 Å². The van der Waals surface area contributed by atoms with E-state index in [-0.39, 0.29) is 5.16 Å². The summed E-state index contributed by atoms with van der Waals surface area (Å²) < 4.78 is 21.9. The van der Waals surface area contributed by atoms with Gasteiger partial charge in [0, 0.05) is 18.6 Å². The number of sulfone groups is 1. The predicted octanol–water partition coefficient (Wildman–Crippen LogP) is 0.251. The lowest BCUT2D eigenvalue weighted by molar-refractivity contribution is 0.593. The van der Waals surface area contributed by atoms with Crippen LogP contribution in [0.15, 0.2) is 17.6 Å². The summed E-state index contributed by atoms with van der Waals surface area (Å²) in [6, 6.07) is 0. The maximum atomic E-state index is 10.9. The highest BCUT2D eigenvalue weighted by Crippen LogP contribution is 2.00. The summed E-state index contributed by atoms with van der Waals surface area (Å²) in [5, 5.41) is -0.172. The highest BCUT2D eigenvalue weighted by molar-refractivity contribution is 7.90. The van der Waals surface area contributed by atoms with Gasteiger partial charge >= 0.3 is 0 Å². The lowest BCUT2D eigenvalue weighted by atomic mass is 10.3. The Labute approximate surface area is 77.0 Å². The molecule has 13 heavy (non-hydrogen) atoms. The Bertz CT molecular complexity index is 451. The maximum absolute atomic E-state index is 10.9. The van der Waals surface area contributed by atoms with Crippen LogP contribution in [0.25, 0.3) is 0 Å². The molecule has 0 aliphatic heterocycles. The predicted molar refractivity (Wildman–Crippen MR) is 47.7 cm³/mol. The topological polar surface area (TPSA) is 59.9 Å². The van der Waals surface area contributed by atoms with E-state index in [1.54, 1.807) is 6.92 Å². The molecule has 0 amide bonds. The van der Waals surface area contributed by atoms with E-state index in [0.29, 0.717) is 5.56 Å². The first-order valence-electron chi connectivity index (χ1n) is 3.49. The van der Waals surface area contributed by atoms with Crippen molar-refractivity contribution in [2.24, 2.45) is 0 Å². The summed E-state index contributed by atoms with van der Waals surface area (Å²) in [6.45, 7) is 1.68. The summed E-state index contributed by atoms with van der Waals surface area (Å²) >= 11 is 0. The standard InChI is InChI=1S/C8H8N2O2S/c1-3-4-7-5-9-8(10-6-7)13(2,11)12/h5-6H,1-2H3. The van der Waals surface area contributed by atoms with Gasteiger partial charge in [-0.2, -0.15) is 0 Å². The number of aromatic nitrogens is 2. The van der Waals surface area contributed by atoms with Crippen molar-refractivity contribution >= 4 is 9.84 Å². The van der Waals surface area contributed by atoms with E-state index in [0.717, 1.165) is 6.26 Å². The molecule has 5 heteroatoms. The van der Waals surface area contributed by atoms with Gasteiger partial charge in [0.05, 0.1) is 5.56 Å². The first-order valence-corrected chi connectivity index (χ1v) is 5.38. The van der Waals surface area contributed by atoms with Crippen molar-refractivity contribution in [3.8, 4) is 11.8 Å². The Morgan fingerprint density at radius 3 is 2.23 bits per heavy atom. The van der Waals surface area contributed by atoms with E-state index in [2.05, 4.69) is 21.8 Å². The minimum Gasteiger partial charge on any atom is -0.226 e. The lowest BCUT2D eigenvalue weighted by Crippen LogP contribution is -2.03. The van der Waals surface area contributed by atoms with Crippen LogP contribution < -0.4 is 0 Å². The molecule has 0 aliphatic carbocycles. The molecule has 1 aromatic heterocycles. The second-order valence-corrected chi connectivity index (χ2v) is 4.31. The van der Waals surface area contributed by atoms with Crippen molar-refractivity contribution in [3.05, 3.63) is 18.0 Å². The second-order valence-electron chi connectivity index (χ2n) is 2.40. The molecule has 0 saturated carbocycles. The molecule has 1 aromatic rings. The molecule has 0 aromatic carbocycles. The highest BCUT2D eigenvalue weighted by Gasteiger charge is 2.09. The van der Waals surface area contributed by atoms with Crippen molar-refractivity contribution < 1.29 is 8.42 Å². The van der Waals surface area contributed by atoms with Gasteiger partial charge in [-0.3, -0.25) is 0 Å². The van der Waals surface area contributed by atoms with E-state index < -0.39 is 9.84 Å². The molecule has 0 fully saturated rings. The summed E-state index contributed by atoms with van der Waals surface area (Å²) in [7, 11) is -3.30. The molecule has 1 heterocycles. The van der Waals surface area contributed by atoms with Gasteiger partial charge in [0.1, 0.15) is 0 Å². The van der Waals surface area contributed by atoms with Crippen molar-refractivity contribution in [2.45, 2.75) is 12.1 Å². The molecule has 1 rings (SSSR count). The summed E-state index contributed by atoms with van der Waals surface area (Å²) in [5.41, 5.74) is 0.606. The first-order chi connectivity index (χ1) is 6.04. The largest absolute Gasteiger partial charge is 0.246 e. The number of hydrogen-bond donors (Lipinski definition) is 0. The molecular formula is C8H8N2O2S. The van der Waals surface area contributed by atoms with Crippen LogP contribution in [-0.2, 0) is 9.84 Å². The van der Waals surface area contributed by atoms with Crippen LogP contribution in [0.1, 0.15) is 12.5 Å². The SMILES string of the molecule is CC#Cc1cnc(S(C)(=O)=O)nc1. The van der Waals surface area contributed by atoms with Crippen molar-refractivity contribution in [3.63, 3.8) is 0 Å². The van der Waals surface area contributed by atoms with Gasteiger partial charge in [0.25, 0.3) is 0 Å². The molecule has 0 N–H and O–H groups in total. The van der Waals surface area contributed by atoms with Gasteiger partial charge in [0.2, 0.25) is 15.0 Å². The van der Waals surface area contributed by atoms with Crippen LogP contribution in [0.4, 0.5) is 0 Å². The van der Waals surface area contributed by atoms with Crippen LogP contribution in [-0.4, -0.2) is 24.6 Å². The van der Waals surface area contributed by atoms with Gasteiger partial charge in [-0.25, -0.2) is 18.4 Å². The molecule has 0 unspecified atom stereocenters. The Balaban J connectivity index is 3.13. The Kier molecular flexibility index (Phi) is 2.63. The van der Waals surface area contributed by atoms with E-state index >= 15 is 0 Å². The molecular weight excluding hydrogens is 188 g/mol. The van der Waals surface area contributed by atoms with Crippen LogP contribution in [0.3, 0.4) is 0 Å². The molecule has 0 bridgehead atoms. The number of hydrogen-bond acceptors (Lipinski definition) is 4. The average molecular weight is 196 g/mol. The van der Waals surface area contributed by atoms with Gasteiger partial charge in [-0.15, -0.1) is 5.92 Å². The van der Waals surface area contributed by atoms with Crippen LogP contribution in [0.2, 0.25) is 0 Å². The minimum atomic E-state index is -3.30. The van der Waals surface area contributed by atoms with E-state index in [9.17, 15) is 8.42 Å². The Morgan fingerprint density at radius 2 is 1.85 bits per heavy atom. The third-order valence-corrected chi connectivity index (χ3v) is 2.10. The van der Waals surface area contributed by atoms with Crippen LogP contribution >= 0.6 is 0 Å². The third kappa shape index (κ3) is 2.53. The average Bonchev–Trinajstić information content (AvgIpc) is 2.04. The Hall–Kier alpha value is -1.41. The fourth-order valence-corrected chi connectivity index (χ4v) is 1.20. The number of nitrogens with zero attached hydrogens (tertiary/aromatic N) is 2. The summed E-state index contributed by atoms with van der Waals surface area (Å²) in [5.74, 6) is 5.38. The van der Waals surface area contributed by atoms with Gasteiger partial charge in [0.15, 0.2) is 0 Å². The maximum Gasteiger partial charge on any atom is 0.246 e. The molecule has 0 atom stereocenters. The highest BCUT2D eigenvalue weighted by atomic mass is 32.2. The lowest BCUT2D eigenvalue weighted by Gasteiger charge is -1.94. The third-order valence-electron chi connectivity index (χ3n) is 1.23. The van der Waals surface area contributed by atoms with Crippen LogP contribution in [0.5, 0.6) is 0 Å².